The van der Waals surface area contributed by atoms with Crippen molar-refractivity contribution in [1.29, 1.82) is 0 Å². The van der Waals surface area contributed by atoms with Crippen LogP contribution >= 0.6 is 11.6 Å². The lowest BCUT2D eigenvalue weighted by molar-refractivity contribution is 0.0714. The summed E-state index contributed by atoms with van der Waals surface area (Å²) in [4.78, 5) is 26.1. The predicted octanol–water partition coefficient (Wildman–Crippen LogP) is 5.30. The number of piperazine rings is 1. The molecule has 1 fully saturated rings. The highest BCUT2D eigenvalue weighted by atomic mass is 35.5. The van der Waals surface area contributed by atoms with E-state index in [0.717, 1.165) is 33.7 Å². The van der Waals surface area contributed by atoms with Gasteiger partial charge in [-0.15, -0.1) is 0 Å². The van der Waals surface area contributed by atoms with Crippen LogP contribution in [0.1, 0.15) is 10.6 Å². The normalized spacial score (nSPS) is 14.0. The largest absolute Gasteiger partial charge is 0.459 e. The van der Waals surface area contributed by atoms with Crippen molar-refractivity contribution in [2.24, 2.45) is 0 Å². The molecule has 2 aromatic carbocycles. The summed E-state index contributed by atoms with van der Waals surface area (Å²) in [6.07, 6.45) is 5.20. The Hall–Kier alpha value is -4.10. The minimum Gasteiger partial charge on any atom is -0.459 e. The number of furan rings is 1. The van der Waals surface area contributed by atoms with Crippen LogP contribution in [0.5, 0.6) is 0 Å². The molecule has 0 atom stereocenters. The molecule has 0 spiro atoms. The van der Waals surface area contributed by atoms with Crippen LogP contribution in [0.25, 0.3) is 27.8 Å². The number of rotatable bonds is 4. The van der Waals surface area contributed by atoms with Gasteiger partial charge in [0.25, 0.3) is 5.91 Å². The molecular formula is C27H22ClN5O2. The number of amides is 1. The third-order valence-electron chi connectivity index (χ3n) is 6.36. The average molecular weight is 484 g/mol. The van der Waals surface area contributed by atoms with Gasteiger partial charge in [0.2, 0.25) is 0 Å². The Bertz CT molecular complexity index is 1490. The summed E-state index contributed by atoms with van der Waals surface area (Å²) in [5.74, 6) is 1.13. The van der Waals surface area contributed by atoms with Gasteiger partial charge in [-0.3, -0.25) is 9.36 Å². The van der Waals surface area contributed by atoms with E-state index in [2.05, 4.69) is 28.2 Å². The van der Waals surface area contributed by atoms with Crippen molar-refractivity contribution in [2.45, 2.75) is 0 Å². The molecule has 0 radical (unpaired) electrons. The van der Waals surface area contributed by atoms with Crippen LogP contribution in [0.15, 0.2) is 89.9 Å². The van der Waals surface area contributed by atoms with E-state index >= 15 is 0 Å². The van der Waals surface area contributed by atoms with E-state index in [0.29, 0.717) is 37.0 Å². The van der Waals surface area contributed by atoms with Crippen LogP contribution in [0.3, 0.4) is 0 Å². The number of hydrogen-bond acceptors (Lipinski definition) is 5. The molecule has 8 heteroatoms. The van der Waals surface area contributed by atoms with Gasteiger partial charge in [0, 0.05) is 37.9 Å². The topological polar surface area (TPSA) is 67.4 Å². The highest BCUT2D eigenvalue weighted by molar-refractivity contribution is 6.32. The van der Waals surface area contributed by atoms with Crippen LogP contribution in [0, 0.1) is 0 Å². The van der Waals surface area contributed by atoms with Crippen molar-refractivity contribution in [3.63, 3.8) is 0 Å². The molecule has 1 amide bonds. The second-order valence-corrected chi connectivity index (χ2v) is 8.79. The molecule has 7 nitrogen and oxygen atoms in total. The molecule has 0 saturated carbocycles. The molecule has 1 aliphatic heterocycles. The van der Waals surface area contributed by atoms with Crippen molar-refractivity contribution in [1.82, 2.24) is 19.4 Å². The fourth-order valence-electron chi connectivity index (χ4n) is 4.63. The number of halogens is 1. The Labute approximate surface area is 207 Å². The van der Waals surface area contributed by atoms with Gasteiger partial charge in [0.15, 0.2) is 11.4 Å². The number of carbonyl (C=O) groups excluding carboxylic acids is 1. The number of aromatic nitrogens is 3. The molecule has 4 heterocycles. The minimum atomic E-state index is -0.0858. The van der Waals surface area contributed by atoms with E-state index in [9.17, 15) is 4.79 Å². The second kappa shape index (κ2) is 8.92. The van der Waals surface area contributed by atoms with Crippen molar-refractivity contribution in [2.75, 3.05) is 31.1 Å². The first-order chi connectivity index (χ1) is 17.2. The Kier molecular flexibility index (Phi) is 5.47. The smallest absolute Gasteiger partial charge is 0.289 e. The SMILES string of the molecule is O=C(c1ccco1)N1CCN(c2ncnc3c2c(-c2ccccc2)cn3-c2ccccc2Cl)CC1. The van der Waals surface area contributed by atoms with E-state index in [1.165, 1.54) is 6.26 Å². The molecule has 1 aliphatic rings. The monoisotopic (exact) mass is 483 g/mol. The molecule has 35 heavy (non-hydrogen) atoms. The average Bonchev–Trinajstić information content (AvgIpc) is 3.58. The summed E-state index contributed by atoms with van der Waals surface area (Å²) in [5.41, 5.74) is 3.76. The number of para-hydroxylation sites is 1. The summed E-state index contributed by atoms with van der Waals surface area (Å²) >= 11 is 6.57. The van der Waals surface area contributed by atoms with E-state index < -0.39 is 0 Å². The van der Waals surface area contributed by atoms with Crippen LogP contribution in [-0.2, 0) is 0 Å². The van der Waals surface area contributed by atoms with Crippen LogP contribution < -0.4 is 4.90 Å². The van der Waals surface area contributed by atoms with Gasteiger partial charge >= 0.3 is 0 Å². The summed E-state index contributed by atoms with van der Waals surface area (Å²) < 4.78 is 7.33. The lowest BCUT2D eigenvalue weighted by Gasteiger charge is -2.35. The molecule has 3 aromatic heterocycles. The van der Waals surface area contributed by atoms with Gasteiger partial charge in [-0.1, -0.05) is 54.1 Å². The van der Waals surface area contributed by atoms with Crippen molar-refractivity contribution >= 4 is 34.4 Å². The summed E-state index contributed by atoms with van der Waals surface area (Å²) in [5, 5.41) is 1.61. The fourth-order valence-corrected chi connectivity index (χ4v) is 4.86. The van der Waals surface area contributed by atoms with Gasteiger partial charge in [-0.25, -0.2) is 9.97 Å². The van der Waals surface area contributed by atoms with Crippen LogP contribution in [0.4, 0.5) is 5.82 Å². The molecule has 0 unspecified atom stereocenters. The highest BCUT2D eigenvalue weighted by Gasteiger charge is 2.27. The Morgan fingerprint density at radius 1 is 0.886 bits per heavy atom. The van der Waals surface area contributed by atoms with Crippen LogP contribution in [0.2, 0.25) is 5.02 Å². The van der Waals surface area contributed by atoms with E-state index in [-0.39, 0.29) is 5.91 Å². The number of anilines is 1. The number of hydrogen-bond donors (Lipinski definition) is 0. The molecule has 5 aromatic rings. The van der Waals surface area contributed by atoms with E-state index in [4.69, 9.17) is 21.0 Å². The number of benzene rings is 2. The zero-order chi connectivity index (χ0) is 23.8. The van der Waals surface area contributed by atoms with Crippen molar-refractivity contribution in [3.8, 4) is 16.8 Å². The molecule has 0 aliphatic carbocycles. The summed E-state index contributed by atoms with van der Waals surface area (Å²) in [6.45, 7) is 2.47. The maximum absolute atomic E-state index is 12.7. The molecule has 174 valence electrons. The van der Waals surface area contributed by atoms with Crippen LogP contribution in [-0.4, -0.2) is 51.5 Å². The van der Waals surface area contributed by atoms with Gasteiger partial charge < -0.3 is 14.2 Å². The number of fused-ring (bicyclic) bond motifs is 1. The standard InChI is InChI=1S/C27H22ClN5O2/c28-21-9-4-5-10-22(21)33-17-20(19-7-2-1-3-8-19)24-25(29-18-30-26(24)33)31-12-14-32(15-13-31)27(34)23-11-6-16-35-23/h1-11,16-18H,12-15H2. The maximum Gasteiger partial charge on any atom is 0.289 e. The molecular weight excluding hydrogens is 462 g/mol. The lowest BCUT2D eigenvalue weighted by Crippen LogP contribution is -2.49. The van der Waals surface area contributed by atoms with Gasteiger partial charge in [0.05, 0.1) is 22.4 Å². The third-order valence-corrected chi connectivity index (χ3v) is 6.68. The zero-order valence-electron chi connectivity index (χ0n) is 18.8. The molecule has 6 rings (SSSR count). The van der Waals surface area contributed by atoms with Crippen molar-refractivity contribution < 1.29 is 9.21 Å². The lowest BCUT2D eigenvalue weighted by atomic mass is 10.1. The minimum absolute atomic E-state index is 0.0858. The molecule has 1 saturated heterocycles. The summed E-state index contributed by atoms with van der Waals surface area (Å²) in [6, 6.07) is 21.4. The summed E-state index contributed by atoms with van der Waals surface area (Å²) in [7, 11) is 0. The zero-order valence-corrected chi connectivity index (χ0v) is 19.6. The highest BCUT2D eigenvalue weighted by Crippen LogP contribution is 2.38. The predicted molar refractivity (Wildman–Crippen MR) is 136 cm³/mol. The Morgan fingerprint density at radius 2 is 1.66 bits per heavy atom. The first-order valence-electron chi connectivity index (χ1n) is 11.4. The van der Waals surface area contributed by atoms with E-state index in [1.54, 1.807) is 18.5 Å². The number of nitrogens with zero attached hydrogens (tertiary/aromatic N) is 5. The maximum atomic E-state index is 12.7. The van der Waals surface area contributed by atoms with Gasteiger partial charge in [0.1, 0.15) is 12.1 Å². The Balaban J connectivity index is 1.42. The molecule has 0 bridgehead atoms. The Morgan fingerprint density at radius 3 is 2.40 bits per heavy atom. The van der Waals surface area contributed by atoms with Crippen molar-refractivity contribution in [3.05, 3.63) is 96.3 Å². The fraction of sp³-hybridized carbons (Fsp3) is 0.148. The first-order valence-corrected chi connectivity index (χ1v) is 11.8. The van der Waals surface area contributed by atoms with E-state index in [1.807, 2.05) is 51.9 Å². The second-order valence-electron chi connectivity index (χ2n) is 8.38. The third kappa shape index (κ3) is 3.84. The quantitative estimate of drug-likeness (QED) is 0.347. The van der Waals surface area contributed by atoms with Gasteiger partial charge in [-0.2, -0.15) is 0 Å². The van der Waals surface area contributed by atoms with Gasteiger partial charge in [-0.05, 0) is 29.8 Å². The first kappa shape index (κ1) is 21.4. The number of carbonyl (C=O) groups is 1. The molecule has 0 N–H and O–H groups in total.